The van der Waals surface area contributed by atoms with Gasteiger partial charge in [0.25, 0.3) is 0 Å². The summed E-state index contributed by atoms with van der Waals surface area (Å²) >= 11 is 6.32. The molecule has 1 aliphatic heterocycles. The number of rotatable bonds is 2. The summed E-state index contributed by atoms with van der Waals surface area (Å²) in [4.78, 5) is 12.1. The fourth-order valence-electron chi connectivity index (χ4n) is 0.832. The number of hydrogen-bond acceptors (Lipinski definition) is 3. The minimum Gasteiger partial charge on any atom is -0.481 e. The van der Waals surface area contributed by atoms with Crippen molar-refractivity contribution in [2.75, 3.05) is 7.05 Å². The lowest BCUT2D eigenvalue weighted by Crippen LogP contribution is -2.22. The van der Waals surface area contributed by atoms with E-state index in [4.69, 9.17) is 17.7 Å². The van der Waals surface area contributed by atoms with E-state index < -0.39 is 5.97 Å². The smallest absolute Gasteiger partial charge is 0.306 e. The summed E-state index contributed by atoms with van der Waals surface area (Å²) in [7, 11) is 1.83. The van der Waals surface area contributed by atoms with Gasteiger partial charge in [0, 0.05) is 13.2 Å². The Morgan fingerprint density at radius 3 is 3.00 bits per heavy atom. The van der Waals surface area contributed by atoms with Gasteiger partial charge in [-0.1, -0.05) is 24.4 Å². The summed E-state index contributed by atoms with van der Waals surface area (Å²) in [6.07, 6.45) is 1.92. The van der Waals surface area contributed by atoms with Gasteiger partial charge in [0.1, 0.15) is 0 Å². The Morgan fingerprint density at radius 2 is 2.64 bits per heavy atom. The van der Waals surface area contributed by atoms with Gasteiger partial charge in [0.2, 0.25) is 0 Å². The fraction of sp³-hybridized carbons (Fsp3) is 0.500. The second-order valence-corrected chi connectivity index (χ2v) is 4.20. The molecule has 0 saturated carbocycles. The zero-order chi connectivity index (χ0) is 8.43. The van der Waals surface area contributed by atoms with E-state index in [-0.39, 0.29) is 11.8 Å². The van der Waals surface area contributed by atoms with E-state index in [0.29, 0.717) is 0 Å². The summed E-state index contributed by atoms with van der Waals surface area (Å²) in [6, 6.07) is 0. The maximum absolute atomic E-state index is 10.3. The molecule has 1 atom stereocenters. The van der Waals surface area contributed by atoms with Crippen LogP contribution in [-0.4, -0.2) is 28.4 Å². The first-order valence-corrected chi connectivity index (χ1v) is 4.37. The summed E-state index contributed by atoms with van der Waals surface area (Å²) in [5.41, 5.74) is 0. The van der Waals surface area contributed by atoms with Gasteiger partial charge in [-0.15, -0.1) is 0 Å². The highest BCUT2D eigenvalue weighted by atomic mass is 32.2. The molecule has 0 aromatic rings. The summed E-state index contributed by atoms with van der Waals surface area (Å²) < 4.78 is 0.763. The van der Waals surface area contributed by atoms with Crippen molar-refractivity contribution in [1.82, 2.24) is 4.90 Å². The first-order valence-electron chi connectivity index (χ1n) is 3.09. The normalized spacial score (nSPS) is 23.5. The number of nitrogens with zero attached hydrogens (tertiary/aromatic N) is 1. The molecule has 0 aromatic carbocycles. The molecule has 1 unspecified atom stereocenters. The monoisotopic (exact) mass is 190 g/mol. The van der Waals surface area contributed by atoms with Gasteiger partial charge >= 0.3 is 5.97 Å². The topological polar surface area (TPSA) is 40.5 Å². The first-order chi connectivity index (χ1) is 5.09. The van der Waals surface area contributed by atoms with Crippen molar-refractivity contribution in [2.45, 2.75) is 11.8 Å². The highest BCUT2D eigenvalue weighted by Crippen LogP contribution is 2.35. The van der Waals surface area contributed by atoms with Crippen molar-refractivity contribution < 1.29 is 9.90 Å². The van der Waals surface area contributed by atoms with Crippen LogP contribution in [0.1, 0.15) is 6.42 Å². The third-order valence-corrected chi connectivity index (χ3v) is 2.87. The molecule has 1 rings (SSSR count). The van der Waals surface area contributed by atoms with Crippen LogP contribution in [0.15, 0.2) is 10.4 Å². The van der Waals surface area contributed by atoms with Gasteiger partial charge in [-0.05, 0) is 0 Å². The van der Waals surface area contributed by atoms with Gasteiger partial charge in [0.05, 0.1) is 16.0 Å². The third-order valence-electron chi connectivity index (χ3n) is 1.36. The molecule has 0 aliphatic carbocycles. The Kier molecular flexibility index (Phi) is 2.62. The highest BCUT2D eigenvalue weighted by Gasteiger charge is 2.23. The predicted molar refractivity (Wildman–Crippen MR) is 47.1 cm³/mol. The zero-order valence-electron chi connectivity index (χ0n) is 5.98. The predicted octanol–water partition coefficient (Wildman–Crippen LogP) is 1.46. The molecule has 0 saturated heterocycles. The molecule has 3 nitrogen and oxygen atoms in total. The lowest BCUT2D eigenvalue weighted by atomic mass is 10.4. The average Bonchev–Trinajstić information content (AvgIpc) is 2.09. The van der Waals surface area contributed by atoms with E-state index in [0.717, 1.165) is 4.24 Å². The molecule has 1 radical (unpaired) electrons. The number of hydrogen-bond donors (Lipinski definition) is 1. The van der Waals surface area contributed by atoms with E-state index in [1.165, 1.54) is 11.8 Å². The Morgan fingerprint density at radius 1 is 2.00 bits per heavy atom. The number of carbonyl (C=O) groups is 1. The summed E-state index contributed by atoms with van der Waals surface area (Å²) in [5, 5.41) is 8.47. The zero-order valence-corrected chi connectivity index (χ0v) is 7.61. The Bertz CT molecular complexity index is 205. The summed E-state index contributed by atoms with van der Waals surface area (Å²) in [5.74, 6) is -0.785. The van der Waals surface area contributed by atoms with Gasteiger partial charge in [-0.3, -0.25) is 4.79 Å². The van der Waals surface area contributed by atoms with Crippen molar-refractivity contribution in [3.63, 3.8) is 0 Å². The van der Waals surface area contributed by atoms with Crippen LogP contribution >= 0.6 is 24.4 Å². The maximum Gasteiger partial charge on any atom is 0.306 e. The van der Waals surface area contributed by atoms with Crippen molar-refractivity contribution in [3.05, 3.63) is 10.4 Å². The Hall–Kier alpha value is -0.420. The minimum atomic E-state index is -0.785. The molecular weight excluding hydrogens is 182 g/mol. The lowest BCUT2D eigenvalue weighted by molar-refractivity contribution is -0.137. The third kappa shape index (κ3) is 2.27. The van der Waals surface area contributed by atoms with Crippen LogP contribution in [0.4, 0.5) is 0 Å². The molecule has 0 amide bonds. The van der Waals surface area contributed by atoms with E-state index in [2.05, 4.69) is 0 Å². The minimum absolute atomic E-state index is 0.0139. The van der Waals surface area contributed by atoms with Crippen LogP contribution in [0.5, 0.6) is 0 Å². The van der Waals surface area contributed by atoms with Gasteiger partial charge in [-0.25, -0.2) is 0 Å². The standard InChI is InChI=1S/C6H8NO2S2/c1-7-3-6(10)11-4(7)2-5(8)9/h3-4H,2H2,1H3,(H,8,9). The second kappa shape index (κ2) is 3.32. The molecule has 0 fully saturated rings. The molecule has 1 aliphatic rings. The number of carboxylic acids is 1. The molecule has 61 valence electrons. The number of thioether (sulfide) groups is 1. The SMILES string of the molecule is CN1C=C([S])SC1CC(=O)O. The second-order valence-electron chi connectivity index (χ2n) is 2.28. The molecule has 1 heterocycles. The van der Waals surface area contributed by atoms with E-state index in [9.17, 15) is 4.79 Å². The van der Waals surface area contributed by atoms with Crippen LogP contribution in [0.3, 0.4) is 0 Å². The maximum atomic E-state index is 10.3. The van der Waals surface area contributed by atoms with E-state index >= 15 is 0 Å². The molecule has 0 spiro atoms. The highest BCUT2D eigenvalue weighted by molar-refractivity contribution is 8.16. The molecule has 0 aromatic heterocycles. The quantitative estimate of drug-likeness (QED) is 0.715. The van der Waals surface area contributed by atoms with Crippen LogP contribution in [0.2, 0.25) is 0 Å². The van der Waals surface area contributed by atoms with Crippen molar-refractivity contribution >= 4 is 30.4 Å². The van der Waals surface area contributed by atoms with Crippen LogP contribution < -0.4 is 0 Å². The number of carboxylic acid groups (broad SMARTS) is 1. The Labute approximate surface area is 74.9 Å². The van der Waals surface area contributed by atoms with Gasteiger partial charge in [-0.2, -0.15) is 0 Å². The first kappa shape index (κ1) is 8.67. The number of aliphatic carboxylic acids is 1. The van der Waals surface area contributed by atoms with Crippen molar-refractivity contribution in [1.29, 1.82) is 0 Å². The fourth-order valence-corrected chi connectivity index (χ4v) is 2.28. The van der Waals surface area contributed by atoms with Crippen molar-refractivity contribution in [3.8, 4) is 0 Å². The Balaban J connectivity index is 2.46. The van der Waals surface area contributed by atoms with Gasteiger partial charge < -0.3 is 10.0 Å². The molecule has 11 heavy (non-hydrogen) atoms. The summed E-state index contributed by atoms with van der Waals surface area (Å²) in [6.45, 7) is 0. The average molecular weight is 190 g/mol. The van der Waals surface area contributed by atoms with E-state index in [1.807, 2.05) is 11.9 Å². The molecule has 1 N–H and O–H groups in total. The van der Waals surface area contributed by atoms with Crippen molar-refractivity contribution in [2.24, 2.45) is 0 Å². The largest absolute Gasteiger partial charge is 0.481 e. The molecular formula is C6H8NO2S2. The molecule has 0 bridgehead atoms. The van der Waals surface area contributed by atoms with Crippen LogP contribution in [0.25, 0.3) is 0 Å². The lowest BCUT2D eigenvalue weighted by Gasteiger charge is -2.16. The molecule has 5 heteroatoms. The van der Waals surface area contributed by atoms with Crippen LogP contribution in [-0.2, 0) is 4.79 Å². The van der Waals surface area contributed by atoms with Gasteiger partial charge in [0.15, 0.2) is 0 Å². The van der Waals surface area contributed by atoms with E-state index in [1.54, 1.807) is 6.20 Å². The van der Waals surface area contributed by atoms with Crippen LogP contribution in [0, 0.1) is 0 Å².